The Bertz CT molecular complexity index is 1040. The molecule has 156 valence electrons. The van der Waals surface area contributed by atoms with E-state index in [0.29, 0.717) is 24.9 Å². The zero-order valence-corrected chi connectivity index (χ0v) is 16.6. The van der Waals surface area contributed by atoms with Crippen LogP contribution in [-0.2, 0) is 27.4 Å². The Morgan fingerprint density at radius 2 is 2.10 bits per heavy atom. The van der Waals surface area contributed by atoms with Gasteiger partial charge in [-0.1, -0.05) is 24.3 Å². The number of likely N-dealkylation sites (tertiary alicyclic amines) is 1. The van der Waals surface area contributed by atoms with Crippen LogP contribution in [0.25, 0.3) is 0 Å². The number of benzene rings is 1. The van der Waals surface area contributed by atoms with E-state index in [2.05, 4.69) is 10.2 Å². The molecule has 3 aliphatic rings. The quantitative estimate of drug-likeness (QED) is 0.691. The highest BCUT2D eigenvalue weighted by atomic mass is 19.1. The van der Waals surface area contributed by atoms with Crippen LogP contribution >= 0.6 is 0 Å². The summed E-state index contributed by atoms with van der Waals surface area (Å²) >= 11 is 0. The van der Waals surface area contributed by atoms with Crippen molar-refractivity contribution in [2.45, 2.75) is 31.7 Å². The first-order chi connectivity index (χ1) is 14.4. The van der Waals surface area contributed by atoms with Gasteiger partial charge in [0.2, 0.25) is 23.6 Å². The molecule has 4 heterocycles. The van der Waals surface area contributed by atoms with Gasteiger partial charge in [0, 0.05) is 20.5 Å². The number of aromatic nitrogens is 2. The van der Waals surface area contributed by atoms with E-state index < -0.39 is 23.5 Å². The monoisotopic (exact) mass is 412 g/mol. The molecule has 8 nitrogen and oxygen atoms in total. The lowest BCUT2D eigenvalue weighted by atomic mass is 9.76. The van der Waals surface area contributed by atoms with Crippen molar-refractivity contribution in [1.29, 1.82) is 0 Å². The molecule has 2 fully saturated rings. The van der Waals surface area contributed by atoms with E-state index in [0.717, 1.165) is 5.56 Å². The SMILES string of the molecule is Cc1nnc(CN(C)C(=O)[C@H]2[C@@H]3C=C[C@@]4(CN(Cc5ccc(F)cc5)C(=O)[C@H]24)O3)o1. The van der Waals surface area contributed by atoms with Crippen LogP contribution in [0.3, 0.4) is 0 Å². The van der Waals surface area contributed by atoms with Gasteiger partial charge in [-0.05, 0) is 17.7 Å². The van der Waals surface area contributed by atoms with Crippen molar-refractivity contribution >= 4 is 11.8 Å². The van der Waals surface area contributed by atoms with Crippen molar-refractivity contribution in [3.63, 3.8) is 0 Å². The zero-order valence-electron chi connectivity index (χ0n) is 16.6. The van der Waals surface area contributed by atoms with Gasteiger partial charge < -0.3 is 19.0 Å². The maximum atomic E-state index is 13.3. The summed E-state index contributed by atoms with van der Waals surface area (Å²) in [7, 11) is 1.65. The van der Waals surface area contributed by atoms with E-state index in [-0.39, 0.29) is 24.2 Å². The van der Waals surface area contributed by atoms with Gasteiger partial charge in [-0.25, -0.2) is 4.39 Å². The van der Waals surface area contributed by atoms with Gasteiger partial charge in [-0.2, -0.15) is 0 Å². The molecule has 2 amide bonds. The lowest BCUT2D eigenvalue weighted by Gasteiger charge is -2.27. The normalized spacial score (nSPS) is 29.0. The molecule has 0 radical (unpaired) electrons. The number of aryl methyl sites for hydroxylation is 1. The molecule has 1 aromatic carbocycles. The van der Waals surface area contributed by atoms with Crippen LogP contribution in [0.4, 0.5) is 4.39 Å². The van der Waals surface area contributed by atoms with Crippen molar-refractivity contribution in [2.75, 3.05) is 13.6 Å². The molecule has 5 rings (SSSR count). The number of hydrogen-bond acceptors (Lipinski definition) is 6. The fourth-order valence-corrected chi connectivity index (χ4v) is 4.74. The van der Waals surface area contributed by atoms with Crippen LogP contribution < -0.4 is 0 Å². The summed E-state index contributed by atoms with van der Waals surface area (Å²) in [6, 6.07) is 6.06. The maximum absolute atomic E-state index is 13.3. The van der Waals surface area contributed by atoms with Crippen molar-refractivity contribution in [3.8, 4) is 0 Å². The van der Waals surface area contributed by atoms with Crippen LogP contribution in [0.15, 0.2) is 40.8 Å². The van der Waals surface area contributed by atoms with E-state index in [4.69, 9.17) is 9.15 Å². The molecule has 4 atom stereocenters. The molecular formula is C21H21FN4O4. The summed E-state index contributed by atoms with van der Waals surface area (Å²) in [5, 5.41) is 7.71. The molecule has 0 aliphatic carbocycles. The fourth-order valence-electron chi connectivity index (χ4n) is 4.74. The molecule has 1 aromatic heterocycles. The summed E-state index contributed by atoms with van der Waals surface area (Å²) < 4.78 is 24.7. The van der Waals surface area contributed by atoms with Gasteiger partial charge in [0.1, 0.15) is 11.4 Å². The van der Waals surface area contributed by atoms with E-state index in [1.165, 1.54) is 17.0 Å². The first kappa shape index (κ1) is 18.9. The van der Waals surface area contributed by atoms with Crippen LogP contribution in [0.2, 0.25) is 0 Å². The summed E-state index contributed by atoms with van der Waals surface area (Å²) in [6.45, 7) is 2.57. The molecule has 2 saturated heterocycles. The lowest BCUT2D eigenvalue weighted by molar-refractivity contribution is -0.143. The van der Waals surface area contributed by atoms with E-state index in [9.17, 15) is 14.0 Å². The van der Waals surface area contributed by atoms with Gasteiger partial charge in [0.15, 0.2) is 0 Å². The van der Waals surface area contributed by atoms with Gasteiger partial charge in [0.25, 0.3) is 0 Å². The number of amides is 2. The highest BCUT2D eigenvalue weighted by molar-refractivity contribution is 5.92. The average Bonchev–Trinajstić information content (AvgIpc) is 3.45. The maximum Gasteiger partial charge on any atom is 0.235 e. The van der Waals surface area contributed by atoms with Crippen LogP contribution in [0.1, 0.15) is 17.3 Å². The zero-order chi connectivity index (χ0) is 21.0. The lowest BCUT2D eigenvalue weighted by Crippen LogP contribution is -2.44. The standard InChI is InChI=1S/C21H21FN4O4/c1-12-23-24-16(29-12)10-25(2)19(27)17-15-7-8-21(30-15)11-26(20(28)18(17)21)9-13-3-5-14(22)6-4-13/h3-8,15,17-18H,9-11H2,1-2H3/t15-,17-,18-,21-/m0/s1. The Morgan fingerprint density at radius 1 is 1.33 bits per heavy atom. The van der Waals surface area contributed by atoms with Crippen molar-refractivity contribution < 1.29 is 23.1 Å². The summed E-state index contributed by atoms with van der Waals surface area (Å²) in [5.41, 5.74) is 0.0377. The third-order valence-corrected chi connectivity index (χ3v) is 6.07. The third-order valence-electron chi connectivity index (χ3n) is 6.07. The average molecular weight is 412 g/mol. The number of nitrogens with zero attached hydrogens (tertiary/aromatic N) is 4. The summed E-state index contributed by atoms with van der Waals surface area (Å²) in [5.74, 6) is -1.04. The number of hydrogen-bond donors (Lipinski definition) is 0. The highest BCUT2D eigenvalue weighted by Gasteiger charge is 2.67. The fraction of sp³-hybridized carbons (Fsp3) is 0.429. The first-order valence-corrected chi connectivity index (χ1v) is 9.81. The smallest absolute Gasteiger partial charge is 0.235 e. The van der Waals surface area contributed by atoms with Gasteiger partial charge in [0.05, 0.1) is 31.0 Å². The minimum atomic E-state index is -0.788. The molecule has 2 aromatic rings. The molecule has 30 heavy (non-hydrogen) atoms. The number of carbonyl (C=O) groups excluding carboxylic acids is 2. The summed E-state index contributed by atoms with van der Waals surface area (Å²) in [4.78, 5) is 29.7. The number of halogens is 1. The topological polar surface area (TPSA) is 88.8 Å². The Labute approximate surface area is 172 Å². The number of rotatable bonds is 5. The van der Waals surface area contributed by atoms with Crippen LogP contribution in [0.5, 0.6) is 0 Å². The Kier molecular flexibility index (Phi) is 4.25. The van der Waals surface area contributed by atoms with E-state index in [1.807, 2.05) is 12.2 Å². The molecular weight excluding hydrogens is 391 g/mol. The molecule has 0 N–H and O–H groups in total. The van der Waals surface area contributed by atoms with Crippen LogP contribution in [0, 0.1) is 24.6 Å². The first-order valence-electron chi connectivity index (χ1n) is 9.81. The molecule has 9 heteroatoms. The van der Waals surface area contributed by atoms with Crippen molar-refractivity contribution in [2.24, 2.45) is 11.8 Å². The highest BCUT2D eigenvalue weighted by Crippen LogP contribution is 2.52. The van der Waals surface area contributed by atoms with Gasteiger partial charge >= 0.3 is 0 Å². The van der Waals surface area contributed by atoms with Gasteiger partial charge in [-0.15, -0.1) is 10.2 Å². The predicted molar refractivity (Wildman–Crippen MR) is 101 cm³/mol. The van der Waals surface area contributed by atoms with E-state index >= 15 is 0 Å². The van der Waals surface area contributed by atoms with Crippen LogP contribution in [-0.4, -0.2) is 57.1 Å². The Balaban J connectivity index is 1.35. The molecule has 2 bridgehead atoms. The largest absolute Gasteiger partial charge is 0.424 e. The minimum Gasteiger partial charge on any atom is -0.424 e. The second-order valence-electron chi connectivity index (χ2n) is 8.13. The second kappa shape index (κ2) is 6.73. The number of carbonyl (C=O) groups is 2. The molecule has 0 saturated carbocycles. The molecule has 1 spiro atoms. The molecule has 0 unspecified atom stereocenters. The Hall–Kier alpha value is -3.07. The second-order valence-corrected chi connectivity index (χ2v) is 8.13. The van der Waals surface area contributed by atoms with Crippen molar-refractivity contribution in [1.82, 2.24) is 20.0 Å². The van der Waals surface area contributed by atoms with Crippen molar-refractivity contribution in [3.05, 3.63) is 59.6 Å². The molecule has 3 aliphatic heterocycles. The van der Waals surface area contributed by atoms with Gasteiger partial charge in [-0.3, -0.25) is 9.59 Å². The van der Waals surface area contributed by atoms with E-state index in [1.54, 1.807) is 31.0 Å². The number of fused-ring (bicyclic) bond motifs is 1. The number of ether oxygens (including phenoxy) is 1. The predicted octanol–water partition coefficient (Wildman–Crippen LogP) is 1.46. The summed E-state index contributed by atoms with van der Waals surface area (Å²) in [6.07, 6.45) is 3.36. The Morgan fingerprint density at radius 3 is 2.80 bits per heavy atom. The minimum absolute atomic E-state index is 0.119. The third kappa shape index (κ3) is 2.92.